The first-order valence-corrected chi connectivity index (χ1v) is 7.63. The first kappa shape index (κ1) is 13.5. The number of likely N-dealkylation sites (N-methyl/N-ethyl adjacent to an activating group) is 2. The lowest BCUT2D eigenvalue weighted by atomic mass is 10.4. The minimum absolute atomic E-state index is 0.00426. The molecule has 1 saturated carbocycles. The number of nitrogens with zero attached hydrogens (tertiary/aromatic N) is 4. The van der Waals surface area contributed by atoms with Gasteiger partial charge in [-0.25, -0.2) is 4.98 Å². The summed E-state index contributed by atoms with van der Waals surface area (Å²) in [6.07, 6.45) is 6.00. The average Bonchev–Trinajstić information content (AvgIpc) is 3.22. The van der Waals surface area contributed by atoms with Crippen molar-refractivity contribution in [3.05, 3.63) is 23.5 Å². The molecule has 2 aromatic rings. The summed E-state index contributed by atoms with van der Waals surface area (Å²) in [5.41, 5.74) is 0.796. The van der Waals surface area contributed by atoms with Crippen molar-refractivity contribution in [2.75, 3.05) is 27.2 Å². The lowest BCUT2D eigenvalue weighted by Gasteiger charge is -2.21. The molecule has 3 rings (SSSR count). The van der Waals surface area contributed by atoms with E-state index in [1.807, 2.05) is 13.1 Å². The molecule has 2 heterocycles. The Morgan fingerprint density at radius 3 is 2.90 bits per heavy atom. The number of fused-ring (bicyclic) bond motifs is 1. The van der Waals surface area contributed by atoms with Crippen LogP contribution < -0.4 is 0 Å². The number of hydrogen-bond donors (Lipinski definition) is 0. The summed E-state index contributed by atoms with van der Waals surface area (Å²) >= 11 is 1.43. The van der Waals surface area contributed by atoms with E-state index < -0.39 is 0 Å². The molecular formula is C14H18N4OS. The van der Waals surface area contributed by atoms with Gasteiger partial charge in [0.2, 0.25) is 0 Å². The predicted molar refractivity (Wildman–Crippen MR) is 80.0 cm³/mol. The van der Waals surface area contributed by atoms with Crippen molar-refractivity contribution < 1.29 is 4.79 Å². The summed E-state index contributed by atoms with van der Waals surface area (Å²) in [6, 6.07) is 2.62. The number of carbonyl (C=O) groups excluding carboxylic acids is 1. The van der Waals surface area contributed by atoms with Crippen LogP contribution in [0.4, 0.5) is 0 Å². The van der Waals surface area contributed by atoms with Crippen LogP contribution in [0.5, 0.6) is 0 Å². The van der Waals surface area contributed by atoms with Crippen molar-refractivity contribution in [2.45, 2.75) is 18.9 Å². The molecule has 5 nitrogen and oxygen atoms in total. The van der Waals surface area contributed by atoms with Gasteiger partial charge >= 0.3 is 0 Å². The summed E-state index contributed by atoms with van der Waals surface area (Å²) < 4.78 is 1.01. The molecule has 0 unspecified atom stereocenters. The van der Waals surface area contributed by atoms with Gasteiger partial charge in [0, 0.05) is 32.4 Å². The largest absolute Gasteiger partial charge is 0.338 e. The van der Waals surface area contributed by atoms with Crippen LogP contribution >= 0.6 is 11.3 Å². The van der Waals surface area contributed by atoms with Crippen LogP contribution in [0, 0.1) is 0 Å². The molecule has 0 aromatic carbocycles. The van der Waals surface area contributed by atoms with Gasteiger partial charge in [0.1, 0.15) is 5.52 Å². The van der Waals surface area contributed by atoms with Gasteiger partial charge in [0.05, 0.1) is 10.9 Å². The molecule has 1 aliphatic rings. The lowest BCUT2D eigenvalue weighted by molar-refractivity contribution is 0.0781. The Kier molecular flexibility index (Phi) is 3.67. The van der Waals surface area contributed by atoms with Crippen LogP contribution in [0.1, 0.15) is 22.6 Å². The third-order valence-electron chi connectivity index (χ3n) is 3.68. The Hall–Kier alpha value is -1.53. The highest BCUT2D eigenvalue weighted by molar-refractivity contribution is 7.20. The topological polar surface area (TPSA) is 49.3 Å². The van der Waals surface area contributed by atoms with Gasteiger partial charge in [0.25, 0.3) is 5.91 Å². The van der Waals surface area contributed by atoms with Crippen molar-refractivity contribution in [2.24, 2.45) is 0 Å². The van der Waals surface area contributed by atoms with E-state index in [4.69, 9.17) is 0 Å². The highest BCUT2D eigenvalue weighted by Crippen LogP contribution is 2.25. The van der Waals surface area contributed by atoms with Crippen molar-refractivity contribution in [1.29, 1.82) is 0 Å². The molecule has 0 bridgehead atoms. The maximum atomic E-state index is 12.3. The molecule has 2 aromatic heterocycles. The third-order valence-corrected chi connectivity index (χ3v) is 4.70. The van der Waals surface area contributed by atoms with Crippen LogP contribution in [0.3, 0.4) is 0 Å². The number of hydrogen-bond acceptors (Lipinski definition) is 5. The number of thiazole rings is 1. The number of carbonyl (C=O) groups is 1. The number of pyridine rings is 1. The van der Waals surface area contributed by atoms with E-state index in [2.05, 4.69) is 21.9 Å². The standard InChI is InChI=1S/C14H18N4OS/c1-17(10-3-4-10)7-8-18(2)14(19)13-16-11-9-15-6-5-12(11)20-13/h5-6,9-10H,3-4,7-8H2,1-2H3. The first-order valence-electron chi connectivity index (χ1n) is 6.81. The summed E-state index contributed by atoms with van der Waals surface area (Å²) in [7, 11) is 3.97. The minimum atomic E-state index is -0.00426. The molecule has 0 saturated heterocycles. The van der Waals surface area contributed by atoms with E-state index >= 15 is 0 Å². The van der Waals surface area contributed by atoms with Gasteiger partial charge in [-0.05, 0) is 26.0 Å². The fourth-order valence-corrected chi connectivity index (χ4v) is 3.07. The molecule has 1 fully saturated rings. The van der Waals surface area contributed by atoms with Gasteiger partial charge < -0.3 is 9.80 Å². The second-order valence-electron chi connectivity index (χ2n) is 5.30. The van der Waals surface area contributed by atoms with E-state index in [0.29, 0.717) is 5.01 Å². The van der Waals surface area contributed by atoms with E-state index in [1.165, 1.54) is 24.2 Å². The van der Waals surface area contributed by atoms with Gasteiger partial charge in [0.15, 0.2) is 5.01 Å². The van der Waals surface area contributed by atoms with Crippen LogP contribution in [-0.4, -0.2) is 58.9 Å². The Bertz CT molecular complexity index is 589. The summed E-state index contributed by atoms with van der Waals surface area (Å²) in [6.45, 7) is 1.65. The average molecular weight is 290 g/mol. The van der Waals surface area contributed by atoms with Gasteiger partial charge in [-0.3, -0.25) is 9.78 Å². The predicted octanol–water partition coefficient (Wildman–Crippen LogP) is 1.86. The maximum absolute atomic E-state index is 12.3. The van der Waals surface area contributed by atoms with Crippen molar-refractivity contribution in [3.63, 3.8) is 0 Å². The Balaban J connectivity index is 1.64. The van der Waals surface area contributed by atoms with Crippen LogP contribution in [0.25, 0.3) is 10.2 Å². The zero-order valence-electron chi connectivity index (χ0n) is 11.7. The van der Waals surface area contributed by atoms with E-state index in [9.17, 15) is 4.79 Å². The lowest BCUT2D eigenvalue weighted by Crippen LogP contribution is -2.35. The van der Waals surface area contributed by atoms with E-state index in [1.54, 1.807) is 17.3 Å². The summed E-state index contributed by atoms with van der Waals surface area (Å²) in [4.78, 5) is 24.8. The molecule has 1 aliphatic carbocycles. The smallest absolute Gasteiger partial charge is 0.282 e. The fourth-order valence-electron chi connectivity index (χ4n) is 2.14. The van der Waals surface area contributed by atoms with Crippen molar-refractivity contribution in [1.82, 2.24) is 19.8 Å². The monoisotopic (exact) mass is 290 g/mol. The van der Waals surface area contributed by atoms with Crippen LogP contribution in [-0.2, 0) is 0 Å². The molecule has 0 spiro atoms. The minimum Gasteiger partial charge on any atom is -0.338 e. The molecular weight excluding hydrogens is 272 g/mol. The molecule has 106 valence electrons. The Morgan fingerprint density at radius 2 is 2.20 bits per heavy atom. The molecule has 0 N–H and O–H groups in total. The van der Waals surface area contributed by atoms with Gasteiger partial charge in [-0.2, -0.15) is 0 Å². The van der Waals surface area contributed by atoms with Crippen LogP contribution in [0.15, 0.2) is 18.5 Å². The summed E-state index contributed by atoms with van der Waals surface area (Å²) in [5.74, 6) is -0.00426. The molecule has 1 amide bonds. The normalized spacial score (nSPS) is 14.9. The van der Waals surface area contributed by atoms with Crippen LogP contribution in [0.2, 0.25) is 0 Å². The second-order valence-corrected chi connectivity index (χ2v) is 6.33. The second kappa shape index (κ2) is 5.46. The number of rotatable bonds is 5. The first-order chi connectivity index (χ1) is 9.65. The molecule has 0 atom stereocenters. The molecule has 0 radical (unpaired) electrons. The van der Waals surface area contributed by atoms with Gasteiger partial charge in [-0.1, -0.05) is 0 Å². The van der Waals surface area contributed by atoms with Crippen molar-refractivity contribution in [3.8, 4) is 0 Å². The SMILES string of the molecule is CN(CCN(C)C1CC1)C(=O)c1nc2cnccc2s1. The Morgan fingerprint density at radius 1 is 1.40 bits per heavy atom. The molecule has 20 heavy (non-hydrogen) atoms. The number of amides is 1. The summed E-state index contributed by atoms with van der Waals surface area (Å²) in [5, 5.41) is 0.546. The van der Waals surface area contributed by atoms with E-state index in [-0.39, 0.29) is 5.91 Å². The molecule has 6 heteroatoms. The maximum Gasteiger partial charge on any atom is 0.282 e. The number of aromatic nitrogens is 2. The fraction of sp³-hybridized carbons (Fsp3) is 0.500. The molecule has 0 aliphatic heterocycles. The van der Waals surface area contributed by atoms with Gasteiger partial charge in [-0.15, -0.1) is 11.3 Å². The van der Waals surface area contributed by atoms with Crippen molar-refractivity contribution >= 4 is 27.5 Å². The zero-order chi connectivity index (χ0) is 14.1. The third kappa shape index (κ3) is 2.81. The highest BCUT2D eigenvalue weighted by Gasteiger charge is 2.26. The zero-order valence-corrected chi connectivity index (χ0v) is 12.6. The Labute approximate surface area is 122 Å². The highest BCUT2D eigenvalue weighted by atomic mass is 32.1. The quantitative estimate of drug-likeness (QED) is 0.843. The van der Waals surface area contributed by atoms with E-state index in [0.717, 1.165) is 29.3 Å².